The summed E-state index contributed by atoms with van der Waals surface area (Å²) in [6, 6.07) is 0.875. The Hall–Kier alpha value is -0.750. The van der Waals surface area contributed by atoms with E-state index in [1.807, 2.05) is 0 Å². The molecule has 1 amide bonds. The smallest absolute Gasteiger partial charge is 0.267 e. The van der Waals surface area contributed by atoms with Crippen LogP contribution in [0.25, 0.3) is 0 Å². The molecule has 0 aliphatic rings. The number of carbonyl (C=O) groups is 1. The lowest BCUT2D eigenvalue weighted by molar-refractivity contribution is 0.0994. The molecule has 3 nitrogen and oxygen atoms in total. The molecule has 0 aromatic carbocycles. The first-order valence-corrected chi connectivity index (χ1v) is 4.54. The summed E-state index contributed by atoms with van der Waals surface area (Å²) in [6.07, 6.45) is -2.78. The summed E-state index contributed by atoms with van der Waals surface area (Å²) in [6.45, 7) is 0. The van der Waals surface area contributed by atoms with Gasteiger partial charge in [0.05, 0.1) is 5.02 Å². The maximum absolute atomic E-state index is 12.4. The minimum atomic E-state index is -2.78. The normalized spacial score (nSPS) is 10.6. The number of aromatic nitrogens is 1. The number of carbonyl (C=O) groups excluding carboxylic acids is 1. The van der Waals surface area contributed by atoms with Crippen molar-refractivity contribution in [1.82, 2.24) is 4.98 Å². The summed E-state index contributed by atoms with van der Waals surface area (Å²) < 4.78 is 24.7. The van der Waals surface area contributed by atoms with E-state index in [1.54, 1.807) is 0 Å². The fourth-order valence-corrected chi connectivity index (χ4v) is 1.40. The molecule has 0 fully saturated rings. The number of primary amides is 1. The van der Waals surface area contributed by atoms with Crippen molar-refractivity contribution in [3.8, 4) is 0 Å². The second-order valence-electron chi connectivity index (χ2n) is 2.37. The molecule has 1 aromatic heterocycles. The number of hydrogen-bond donors (Lipinski definition) is 1. The van der Waals surface area contributed by atoms with Crippen LogP contribution in [0.15, 0.2) is 10.7 Å². The molecule has 0 saturated heterocycles. The number of nitrogens with two attached hydrogens (primary N) is 1. The molecule has 2 N–H and O–H groups in total. The number of halogens is 4. The van der Waals surface area contributed by atoms with E-state index in [1.165, 1.54) is 0 Å². The van der Waals surface area contributed by atoms with E-state index >= 15 is 0 Å². The first-order chi connectivity index (χ1) is 6.43. The summed E-state index contributed by atoms with van der Waals surface area (Å²) >= 11 is 8.37. The summed E-state index contributed by atoms with van der Waals surface area (Å²) in [5.41, 5.74) is 4.17. The highest BCUT2D eigenvalue weighted by molar-refractivity contribution is 9.10. The molecule has 0 atom stereocenters. The van der Waals surface area contributed by atoms with Crippen molar-refractivity contribution in [3.05, 3.63) is 26.9 Å². The average molecular weight is 285 g/mol. The Bertz CT molecular complexity index is 386. The number of hydrogen-bond acceptors (Lipinski definition) is 2. The lowest BCUT2D eigenvalue weighted by Crippen LogP contribution is -2.14. The molecule has 0 aliphatic heterocycles. The van der Waals surface area contributed by atoms with E-state index < -0.39 is 17.9 Å². The zero-order valence-corrected chi connectivity index (χ0v) is 8.94. The first-order valence-electron chi connectivity index (χ1n) is 3.37. The van der Waals surface area contributed by atoms with Crippen LogP contribution in [-0.2, 0) is 0 Å². The fourth-order valence-electron chi connectivity index (χ4n) is 0.802. The zero-order chi connectivity index (χ0) is 10.9. The highest BCUT2D eigenvalue weighted by atomic mass is 79.9. The van der Waals surface area contributed by atoms with Gasteiger partial charge in [0.2, 0.25) is 0 Å². The van der Waals surface area contributed by atoms with Gasteiger partial charge in [-0.1, -0.05) is 11.6 Å². The summed E-state index contributed by atoms with van der Waals surface area (Å²) in [5.74, 6) is -0.885. The van der Waals surface area contributed by atoms with Gasteiger partial charge in [-0.25, -0.2) is 13.8 Å². The number of amides is 1. The van der Waals surface area contributed by atoms with Gasteiger partial charge < -0.3 is 5.73 Å². The minimum absolute atomic E-state index is 0.0224. The summed E-state index contributed by atoms with van der Waals surface area (Å²) in [4.78, 5) is 14.3. The van der Waals surface area contributed by atoms with E-state index in [4.69, 9.17) is 17.3 Å². The number of alkyl halides is 2. The number of nitrogens with zero attached hydrogens (tertiary/aromatic N) is 1. The Kier molecular flexibility index (Phi) is 3.38. The van der Waals surface area contributed by atoms with Gasteiger partial charge in [-0.3, -0.25) is 4.79 Å². The quantitative estimate of drug-likeness (QED) is 0.849. The van der Waals surface area contributed by atoms with Crippen LogP contribution in [0.2, 0.25) is 5.02 Å². The van der Waals surface area contributed by atoms with Crippen LogP contribution in [0, 0.1) is 0 Å². The van der Waals surface area contributed by atoms with Gasteiger partial charge in [-0.15, -0.1) is 0 Å². The Morgan fingerprint density at radius 1 is 1.64 bits per heavy atom. The zero-order valence-electron chi connectivity index (χ0n) is 6.60. The molecule has 0 radical (unpaired) electrons. The van der Waals surface area contributed by atoms with Crippen molar-refractivity contribution in [3.63, 3.8) is 0 Å². The number of rotatable bonds is 2. The van der Waals surface area contributed by atoms with Gasteiger partial charge in [-0.05, 0) is 22.0 Å². The highest BCUT2D eigenvalue weighted by Gasteiger charge is 2.18. The van der Waals surface area contributed by atoms with Crippen molar-refractivity contribution in [2.75, 3.05) is 0 Å². The van der Waals surface area contributed by atoms with Crippen LogP contribution in [0.3, 0.4) is 0 Å². The van der Waals surface area contributed by atoms with Gasteiger partial charge in [0.25, 0.3) is 12.3 Å². The monoisotopic (exact) mass is 284 g/mol. The van der Waals surface area contributed by atoms with Crippen LogP contribution >= 0.6 is 27.5 Å². The largest absolute Gasteiger partial charge is 0.364 e. The molecule has 0 aliphatic carbocycles. The van der Waals surface area contributed by atoms with Crippen LogP contribution in [0.4, 0.5) is 8.78 Å². The Balaban J connectivity index is 3.35. The second kappa shape index (κ2) is 4.18. The average Bonchev–Trinajstić information content (AvgIpc) is 2.08. The predicted octanol–water partition coefficient (Wildman–Crippen LogP) is 2.53. The highest BCUT2D eigenvalue weighted by Crippen LogP contribution is 2.32. The van der Waals surface area contributed by atoms with Crippen molar-refractivity contribution >= 4 is 33.4 Å². The molecule has 76 valence electrons. The van der Waals surface area contributed by atoms with Crippen molar-refractivity contribution in [1.29, 1.82) is 0 Å². The fraction of sp³-hybridized carbons (Fsp3) is 0.143. The second-order valence-corrected chi connectivity index (χ2v) is 3.50. The van der Waals surface area contributed by atoms with Crippen LogP contribution in [0.1, 0.15) is 22.5 Å². The molecule has 0 spiro atoms. The predicted molar refractivity (Wildman–Crippen MR) is 50.4 cm³/mol. The lowest BCUT2D eigenvalue weighted by Gasteiger charge is -2.05. The third kappa shape index (κ3) is 2.19. The first kappa shape index (κ1) is 11.3. The van der Waals surface area contributed by atoms with E-state index in [0.29, 0.717) is 0 Å². The Morgan fingerprint density at radius 2 is 2.21 bits per heavy atom. The van der Waals surface area contributed by atoms with Crippen LogP contribution < -0.4 is 5.73 Å². The van der Waals surface area contributed by atoms with Crippen molar-refractivity contribution in [2.24, 2.45) is 5.73 Å². The molecule has 0 unspecified atom stereocenters. The van der Waals surface area contributed by atoms with Gasteiger partial charge >= 0.3 is 0 Å². The summed E-state index contributed by atoms with van der Waals surface area (Å²) in [5, 5.41) is -0.218. The molecule has 0 bridgehead atoms. The van der Waals surface area contributed by atoms with Crippen molar-refractivity contribution in [2.45, 2.75) is 6.43 Å². The molecule has 14 heavy (non-hydrogen) atoms. The molecular weight excluding hydrogens is 281 g/mol. The number of pyridine rings is 1. The van der Waals surface area contributed by atoms with Gasteiger partial charge in [0.15, 0.2) is 0 Å². The topological polar surface area (TPSA) is 56.0 Å². The standard InChI is InChI=1S/C7H4BrClF2N2O/c8-5-4(9)2(6(10)11)1-3(13-5)7(12)14/h1,6H,(H2,12,14). The van der Waals surface area contributed by atoms with E-state index in [2.05, 4.69) is 20.9 Å². The third-order valence-corrected chi connectivity index (χ3v) is 2.63. The van der Waals surface area contributed by atoms with Crippen molar-refractivity contribution < 1.29 is 13.6 Å². The molecule has 0 saturated carbocycles. The van der Waals surface area contributed by atoms with E-state index in [0.717, 1.165) is 6.07 Å². The lowest BCUT2D eigenvalue weighted by atomic mass is 10.2. The Morgan fingerprint density at radius 3 is 2.64 bits per heavy atom. The molecule has 7 heteroatoms. The minimum Gasteiger partial charge on any atom is -0.364 e. The maximum atomic E-state index is 12.4. The van der Waals surface area contributed by atoms with Gasteiger partial charge in [0.1, 0.15) is 10.3 Å². The van der Waals surface area contributed by atoms with E-state index in [9.17, 15) is 13.6 Å². The molecule has 1 rings (SSSR count). The summed E-state index contributed by atoms with van der Waals surface area (Å²) in [7, 11) is 0. The third-order valence-electron chi connectivity index (χ3n) is 1.43. The SMILES string of the molecule is NC(=O)c1cc(C(F)F)c(Cl)c(Br)n1. The van der Waals surface area contributed by atoms with Crippen LogP contribution in [-0.4, -0.2) is 10.9 Å². The molecule has 1 aromatic rings. The molecular formula is C7H4BrClF2N2O. The van der Waals surface area contributed by atoms with Gasteiger partial charge in [-0.2, -0.15) is 0 Å². The van der Waals surface area contributed by atoms with Gasteiger partial charge in [0, 0.05) is 5.56 Å². The van der Waals surface area contributed by atoms with E-state index in [-0.39, 0.29) is 15.3 Å². The van der Waals surface area contributed by atoms with Crippen LogP contribution in [0.5, 0.6) is 0 Å². The Labute approximate surface area is 91.4 Å². The molecule has 1 heterocycles. The maximum Gasteiger partial charge on any atom is 0.267 e.